The summed E-state index contributed by atoms with van der Waals surface area (Å²) in [5, 5.41) is 20.9. The summed E-state index contributed by atoms with van der Waals surface area (Å²) in [6.45, 7) is 0. The molecule has 3 aromatic heterocycles. The number of nitrogens with zero attached hydrogens (tertiary/aromatic N) is 6. The molecule has 8 heteroatoms. The van der Waals surface area contributed by atoms with E-state index in [1.54, 1.807) is 18.5 Å². The van der Waals surface area contributed by atoms with Crippen LogP contribution in [-0.2, 0) is 0 Å². The van der Waals surface area contributed by atoms with Gasteiger partial charge < -0.3 is 4.52 Å². The zero-order valence-corrected chi connectivity index (χ0v) is 7.90. The van der Waals surface area contributed by atoms with Gasteiger partial charge in [0.15, 0.2) is 6.26 Å². The molecule has 0 amide bonds. The van der Waals surface area contributed by atoms with Crippen LogP contribution in [0.3, 0.4) is 0 Å². The summed E-state index contributed by atoms with van der Waals surface area (Å²) >= 11 is 0. The van der Waals surface area contributed by atoms with Gasteiger partial charge in [-0.15, -0.1) is 15.3 Å². The quantitative estimate of drug-likeness (QED) is 0.655. The van der Waals surface area contributed by atoms with E-state index in [9.17, 15) is 0 Å². The normalized spacial score (nSPS) is 10.5. The summed E-state index contributed by atoms with van der Waals surface area (Å²) in [5.74, 6) is 0.450. The smallest absolute Gasteiger partial charge is 0.206 e. The van der Waals surface area contributed by atoms with Crippen LogP contribution < -0.4 is 0 Å². The molecule has 78 valence electrons. The first-order chi connectivity index (χ1) is 7.95. The zero-order valence-electron chi connectivity index (χ0n) is 7.90. The molecule has 3 aromatic rings. The number of rotatable bonds is 2. The van der Waals surface area contributed by atoms with Crippen LogP contribution in [0.4, 0.5) is 0 Å². The van der Waals surface area contributed by atoms with Crippen molar-refractivity contribution in [3.8, 4) is 22.6 Å². The molecule has 16 heavy (non-hydrogen) atoms. The van der Waals surface area contributed by atoms with Crippen LogP contribution in [0.2, 0.25) is 0 Å². The standard InChI is InChI=1S/C8H5N7O/c1-2-9-3-6(8-11-13-14-12-8)5(1)7-4-16-15-10-7/h1-4H,(H,11,12,13,14). The Bertz CT molecular complexity index is 521. The maximum Gasteiger partial charge on any atom is 0.206 e. The highest BCUT2D eigenvalue weighted by atomic mass is 16.5. The molecule has 0 aliphatic heterocycles. The third-order valence-corrected chi connectivity index (χ3v) is 2.04. The Morgan fingerprint density at radius 1 is 1.19 bits per heavy atom. The molecule has 0 spiro atoms. The fourth-order valence-electron chi connectivity index (χ4n) is 1.35. The molecule has 0 bridgehead atoms. The number of tetrazole rings is 1. The number of aromatic amines is 1. The minimum atomic E-state index is 0.450. The molecule has 0 fully saturated rings. The van der Waals surface area contributed by atoms with Crippen molar-refractivity contribution < 1.29 is 4.52 Å². The van der Waals surface area contributed by atoms with Gasteiger partial charge in [0.2, 0.25) is 5.82 Å². The minimum absolute atomic E-state index is 0.450. The van der Waals surface area contributed by atoms with Gasteiger partial charge in [-0.3, -0.25) is 4.98 Å². The van der Waals surface area contributed by atoms with Crippen molar-refractivity contribution in [2.45, 2.75) is 0 Å². The van der Waals surface area contributed by atoms with Crippen molar-refractivity contribution in [2.24, 2.45) is 0 Å². The lowest BCUT2D eigenvalue weighted by atomic mass is 10.1. The van der Waals surface area contributed by atoms with E-state index in [1.807, 2.05) is 0 Å². The van der Waals surface area contributed by atoms with Crippen molar-refractivity contribution in [3.05, 3.63) is 24.7 Å². The van der Waals surface area contributed by atoms with E-state index in [0.717, 1.165) is 5.56 Å². The molecule has 0 unspecified atom stereocenters. The topological polar surface area (TPSA) is 106 Å². The van der Waals surface area contributed by atoms with E-state index < -0.39 is 0 Å². The second kappa shape index (κ2) is 3.50. The average Bonchev–Trinajstić information content (AvgIpc) is 3.03. The second-order valence-electron chi connectivity index (χ2n) is 2.95. The molecule has 0 atom stereocenters. The largest absolute Gasteiger partial charge is 0.345 e. The minimum Gasteiger partial charge on any atom is -0.345 e. The first kappa shape index (κ1) is 8.65. The van der Waals surface area contributed by atoms with E-state index in [-0.39, 0.29) is 0 Å². The van der Waals surface area contributed by atoms with Crippen LogP contribution in [0, 0.1) is 0 Å². The fourth-order valence-corrected chi connectivity index (χ4v) is 1.35. The molecule has 0 saturated heterocycles. The van der Waals surface area contributed by atoms with Crippen molar-refractivity contribution in [2.75, 3.05) is 0 Å². The average molecular weight is 215 g/mol. The molecule has 0 saturated carbocycles. The lowest BCUT2D eigenvalue weighted by molar-refractivity contribution is 0.393. The maximum absolute atomic E-state index is 4.70. The van der Waals surface area contributed by atoms with E-state index >= 15 is 0 Å². The van der Waals surface area contributed by atoms with E-state index in [1.165, 1.54) is 6.26 Å². The molecule has 0 radical (unpaired) electrons. The van der Waals surface area contributed by atoms with E-state index in [2.05, 4.69) is 36.0 Å². The molecule has 3 heterocycles. The van der Waals surface area contributed by atoms with E-state index in [4.69, 9.17) is 4.52 Å². The first-order valence-corrected chi connectivity index (χ1v) is 4.40. The SMILES string of the molecule is c1cc(-c2conn2)c(-c2nn[nH]n2)cn1. The fraction of sp³-hybridized carbons (Fsp3) is 0. The highest BCUT2D eigenvalue weighted by Crippen LogP contribution is 2.26. The maximum atomic E-state index is 4.70. The zero-order chi connectivity index (χ0) is 10.8. The van der Waals surface area contributed by atoms with Crippen LogP contribution in [-0.4, -0.2) is 36.0 Å². The molecular formula is C8H5N7O. The van der Waals surface area contributed by atoms with Gasteiger partial charge in [0.05, 0.1) is 5.56 Å². The van der Waals surface area contributed by atoms with Gasteiger partial charge in [-0.2, -0.15) is 5.21 Å². The highest BCUT2D eigenvalue weighted by molar-refractivity contribution is 5.76. The number of pyridine rings is 1. The summed E-state index contributed by atoms with van der Waals surface area (Å²) in [5.41, 5.74) is 2.10. The van der Waals surface area contributed by atoms with Gasteiger partial charge in [-0.25, -0.2) is 0 Å². The van der Waals surface area contributed by atoms with Crippen molar-refractivity contribution in [1.82, 2.24) is 36.0 Å². The molecule has 0 aliphatic carbocycles. The molecule has 0 aromatic carbocycles. The molecule has 3 rings (SSSR count). The Labute approximate surface area is 88.7 Å². The predicted molar refractivity (Wildman–Crippen MR) is 50.7 cm³/mol. The third-order valence-electron chi connectivity index (χ3n) is 2.04. The number of aromatic nitrogens is 7. The molecule has 0 aliphatic rings. The molecular weight excluding hydrogens is 210 g/mol. The van der Waals surface area contributed by atoms with Crippen molar-refractivity contribution in [1.29, 1.82) is 0 Å². The number of nitrogens with one attached hydrogen (secondary N) is 1. The van der Waals surface area contributed by atoms with Crippen LogP contribution in [0.15, 0.2) is 29.2 Å². The van der Waals surface area contributed by atoms with Gasteiger partial charge in [0.25, 0.3) is 0 Å². The van der Waals surface area contributed by atoms with E-state index in [0.29, 0.717) is 17.1 Å². The summed E-state index contributed by atoms with van der Waals surface area (Å²) in [6.07, 6.45) is 4.72. The Morgan fingerprint density at radius 3 is 2.94 bits per heavy atom. The Kier molecular flexibility index (Phi) is 1.89. The highest BCUT2D eigenvalue weighted by Gasteiger charge is 2.13. The van der Waals surface area contributed by atoms with Crippen LogP contribution >= 0.6 is 0 Å². The lowest BCUT2D eigenvalue weighted by Crippen LogP contribution is -1.89. The van der Waals surface area contributed by atoms with Crippen molar-refractivity contribution >= 4 is 0 Å². The van der Waals surface area contributed by atoms with Gasteiger partial charge in [0.1, 0.15) is 5.69 Å². The van der Waals surface area contributed by atoms with Crippen LogP contribution in [0.25, 0.3) is 22.6 Å². The third kappa shape index (κ3) is 1.32. The van der Waals surface area contributed by atoms with Crippen LogP contribution in [0.5, 0.6) is 0 Å². The second-order valence-corrected chi connectivity index (χ2v) is 2.95. The predicted octanol–water partition coefficient (Wildman–Crippen LogP) is 0.312. The summed E-state index contributed by atoms with van der Waals surface area (Å²) in [4.78, 5) is 4.01. The summed E-state index contributed by atoms with van der Waals surface area (Å²) in [7, 11) is 0. The Hall–Kier alpha value is -2.64. The number of hydrogen-bond donors (Lipinski definition) is 1. The van der Waals surface area contributed by atoms with Gasteiger partial charge in [-0.05, 0) is 11.3 Å². The Balaban J connectivity index is 2.19. The van der Waals surface area contributed by atoms with Crippen molar-refractivity contribution in [3.63, 3.8) is 0 Å². The number of hydrogen-bond acceptors (Lipinski definition) is 7. The first-order valence-electron chi connectivity index (χ1n) is 4.40. The van der Waals surface area contributed by atoms with Crippen LogP contribution in [0.1, 0.15) is 0 Å². The molecule has 8 nitrogen and oxygen atoms in total. The lowest BCUT2D eigenvalue weighted by Gasteiger charge is -1.99. The Morgan fingerprint density at radius 2 is 2.19 bits per heavy atom. The van der Waals surface area contributed by atoms with Gasteiger partial charge in [-0.1, -0.05) is 0 Å². The van der Waals surface area contributed by atoms with Gasteiger partial charge >= 0.3 is 0 Å². The number of H-pyrrole nitrogens is 1. The summed E-state index contributed by atoms with van der Waals surface area (Å²) < 4.78 is 4.70. The molecule has 1 N–H and O–H groups in total. The monoisotopic (exact) mass is 215 g/mol. The summed E-state index contributed by atoms with van der Waals surface area (Å²) in [6, 6.07) is 1.78. The van der Waals surface area contributed by atoms with Gasteiger partial charge in [0, 0.05) is 23.2 Å².